The average Bonchev–Trinajstić information content (AvgIpc) is 2.35. The number of terminal acetylenes is 1. The zero-order valence-electron chi connectivity index (χ0n) is 9.99. The molecule has 0 spiro atoms. The summed E-state index contributed by atoms with van der Waals surface area (Å²) in [6.45, 7) is 3.17. The van der Waals surface area contributed by atoms with Gasteiger partial charge in [-0.25, -0.2) is 0 Å². The minimum absolute atomic E-state index is 0.292. The van der Waals surface area contributed by atoms with E-state index in [0.29, 0.717) is 6.04 Å². The van der Waals surface area contributed by atoms with Crippen LogP contribution in [0, 0.1) is 12.3 Å². The van der Waals surface area contributed by atoms with Gasteiger partial charge in [0.15, 0.2) is 0 Å². The Morgan fingerprint density at radius 3 is 2.56 bits per heavy atom. The van der Waals surface area contributed by atoms with Crippen molar-refractivity contribution >= 4 is 11.8 Å². The van der Waals surface area contributed by atoms with E-state index in [9.17, 15) is 0 Å². The molecule has 1 nitrogen and oxygen atoms in total. The molecule has 0 saturated heterocycles. The van der Waals surface area contributed by atoms with E-state index in [1.165, 1.54) is 10.5 Å². The molecule has 16 heavy (non-hydrogen) atoms. The van der Waals surface area contributed by atoms with Crippen LogP contribution in [0.4, 0.5) is 0 Å². The molecule has 0 bridgehead atoms. The number of thioether (sulfide) groups is 1. The maximum atomic E-state index is 5.40. The molecule has 1 unspecified atom stereocenters. The first-order valence-corrected chi connectivity index (χ1v) is 6.85. The van der Waals surface area contributed by atoms with Crippen molar-refractivity contribution in [3.63, 3.8) is 0 Å². The molecule has 0 aliphatic heterocycles. The van der Waals surface area contributed by atoms with E-state index in [4.69, 9.17) is 6.42 Å². The van der Waals surface area contributed by atoms with Gasteiger partial charge >= 0.3 is 0 Å². The van der Waals surface area contributed by atoms with Crippen molar-refractivity contribution < 1.29 is 0 Å². The predicted octanol–water partition coefficient (Wildman–Crippen LogP) is 3.47. The Bertz CT molecular complexity index is 337. The summed E-state index contributed by atoms with van der Waals surface area (Å²) in [6, 6.07) is 8.92. The van der Waals surface area contributed by atoms with Crippen LogP contribution < -0.4 is 5.32 Å². The molecule has 0 amide bonds. The molecule has 1 N–H and O–H groups in total. The fourth-order valence-electron chi connectivity index (χ4n) is 1.58. The lowest BCUT2D eigenvalue weighted by atomic mass is 10.0. The summed E-state index contributed by atoms with van der Waals surface area (Å²) in [5, 5.41) is 3.47. The topological polar surface area (TPSA) is 12.0 Å². The van der Waals surface area contributed by atoms with Gasteiger partial charge in [0.05, 0.1) is 0 Å². The minimum Gasteiger partial charge on any atom is -0.309 e. The van der Waals surface area contributed by atoms with Crippen molar-refractivity contribution in [2.45, 2.75) is 30.7 Å². The third-order valence-corrected chi connectivity index (χ3v) is 3.22. The lowest BCUT2D eigenvalue weighted by Crippen LogP contribution is -2.21. The summed E-state index contributed by atoms with van der Waals surface area (Å²) in [4.78, 5) is 1.29. The monoisotopic (exact) mass is 233 g/mol. The molecule has 0 aliphatic carbocycles. The van der Waals surface area contributed by atoms with E-state index in [2.05, 4.69) is 48.7 Å². The third-order valence-electron chi connectivity index (χ3n) is 2.48. The smallest absolute Gasteiger partial charge is 0.0430 e. The minimum atomic E-state index is 0.292. The summed E-state index contributed by atoms with van der Waals surface area (Å²) >= 11 is 1.76. The highest BCUT2D eigenvalue weighted by atomic mass is 32.2. The fraction of sp³-hybridized carbons (Fsp3) is 0.429. The lowest BCUT2D eigenvalue weighted by Gasteiger charge is -2.16. The van der Waals surface area contributed by atoms with Gasteiger partial charge in [0.2, 0.25) is 0 Å². The van der Waals surface area contributed by atoms with E-state index >= 15 is 0 Å². The highest BCUT2D eigenvalue weighted by molar-refractivity contribution is 7.98. The van der Waals surface area contributed by atoms with Crippen LogP contribution in [0.1, 0.15) is 31.4 Å². The van der Waals surface area contributed by atoms with Gasteiger partial charge in [-0.05, 0) is 36.9 Å². The van der Waals surface area contributed by atoms with E-state index in [1.54, 1.807) is 11.8 Å². The van der Waals surface area contributed by atoms with Crippen LogP contribution >= 0.6 is 11.8 Å². The van der Waals surface area contributed by atoms with Crippen molar-refractivity contribution in [2.75, 3.05) is 12.8 Å². The van der Waals surface area contributed by atoms with Crippen LogP contribution in [0.25, 0.3) is 0 Å². The number of hydrogen-bond acceptors (Lipinski definition) is 2. The van der Waals surface area contributed by atoms with Crippen molar-refractivity contribution in [3.05, 3.63) is 29.8 Å². The molecule has 1 aromatic rings. The molecule has 2 heteroatoms. The number of rotatable bonds is 6. The molecule has 0 radical (unpaired) electrons. The SMILES string of the molecule is C#CCC(NCCC)c1ccc(SC)cc1. The second-order valence-electron chi connectivity index (χ2n) is 3.69. The Labute approximate surface area is 103 Å². The first-order valence-electron chi connectivity index (χ1n) is 5.62. The van der Waals surface area contributed by atoms with Gasteiger partial charge in [-0.3, -0.25) is 0 Å². The number of benzene rings is 1. The lowest BCUT2D eigenvalue weighted by molar-refractivity contribution is 0.542. The van der Waals surface area contributed by atoms with Crippen LogP contribution in [-0.4, -0.2) is 12.8 Å². The summed E-state index contributed by atoms with van der Waals surface area (Å²) in [7, 11) is 0. The quantitative estimate of drug-likeness (QED) is 0.596. The third kappa shape index (κ3) is 3.92. The first kappa shape index (κ1) is 13.2. The zero-order chi connectivity index (χ0) is 11.8. The van der Waals surface area contributed by atoms with Crippen LogP contribution in [0.3, 0.4) is 0 Å². The fourth-order valence-corrected chi connectivity index (χ4v) is 1.99. The Balaban J connectivity index is 2.72. The van der Waals surface area contributed by atoms with Crippen molar-refractivity contribution in [2.24, 2.45) is 0 Å². The zero-order valence-corrected chi connectivity index (χ0v) is 10.8. The molecule has 0 aliphatic rings. The van der Waals surface area contributed by atoms with Gasteiger partial charge in [0.1, 0.15) is 0 Å². The number of nitrogens with one attached hydrogen (secondary N) is 1. The second-order valence-corrected chi connectivity index (χ2v) is 4.57. The second kappa shape index (κ2) is 7.38. The Hall–Kier alpha value is -0.910. The molecule has 0 heterocycles. The van der Waals surface area contributed by atoms with Gasteiger partial charge in [-0.1, -0.05) is 19.1 Å². The maximum absolute atomic E-state index is 5.40. The Kier molecular flexibility index (Phi) is 6.07. The van der Waals surface area contributed by atoms with Gasteiger partial charge in [-0.15, -0.1) is 24.1 Å². The highest BCUT2D eigenvalue weighted by Gasteiger charge is 2.08. The molecule has 0 fully saturated rings. The number of hydrogen-bond donors (Lipinski definition) is 1. The van der Waals surface area contributed by atoms with E-state index < -0.39 is 0 Å². The van der Waals surface area contributed by atoms with Crippen LogP contribution in [0.5, 0.6) is 0 Å². The van der Waals surface area contributed by atoms with Crippen LogP contribution in [0.15, 0.2) is 29.2 Å². The normalized spacial score (nSPS) is 12.1. The molecular formula is C14H19NS. The predicted molar refractivity (Wildman–Crippen MR) is 72.7 cm³/mol. The molecule has 86 valence electrons. The van der Waals surface area contributed by atoms with E-state index in [-0.39, 0.29) is 0 Å². The average molecular weight is 233 g/mol. The summed E-state index contributed by atoms with van der Waals surface area (Å²) in [6.07, 6.45) is 9.36. The Morgan fingerprint density at radius 2 is 2.06 bits per heavy atom. The van der Waals surface area contributed by atoms with Crippen molar-refractivity contribution in [1.29, 1.82) is 0 Å². The van der Waals surface area contributed by atoms with Gasteiger partial charge in [0.25, 0.3) is 0 Å². The van der Waals surface area contributed by atoms with E-state index in [0.717, 1.165) is 19.4 Å². The van der Waals surface area contributed by atoms with Gasteiger partial charge in [-0.2, -0.15) is 0 Å². The summed E-state index contributed by atoms with van der Waals surface area (Å²) in [5.41, 5.74) is 1.28. The largest absolute Gasteiger partial charge is 0.309 e. The Morgan fingerprint density at radius 1 is 1.38 bits per heavy atom. The van der Waals surface area contributed by atoms with Crippen LogP contribution in [0.2, 0.25) is 0 Å². The van der Waals surface area contributed by atoms with Gasteiger partial charge < -0.3 is 5.32 Å². The highest BCUT2D eigenvalue weighted by Crippen LogP contribution is 2.20. The van der Waals surface area contributed by atoms with Crippen molar-refractivity contribution in [1.82, 2.24) is 5.32 Å². The van der Waals surface area contributed by atoms with Crippen LogP contribution in [-0.2, 0) is 0 Å². The van der Waals surface area contributed by atoms with E-state index in [1.807, 2.05) is 0 Å². The molecule has 1 aromatic carbocycles. The molecular weight excluding hydrogens is 214 g/mol. The summed E-state index contributed by atoms with van der Waals surface area (Å²) in [5.74, 6) is 2.74. The first-order chi connectivity index (χ1) is 7.81. The standard InChI is InChI=1S/C14H19NS/c1-4-6-14(15-11-5-2)12-7-9-13(16-3)10-8-12/h1,7-10,14-15H,5-6,11H2,2-3H3. The molecule has 1 rings (SSSR count). The maximum Gasteiger partial charge on any atom is 0.0430 e. The summed E-state index contributed by atoms with van der Waals surface area (Å²) < 4.78 is 0. The molecule has 0 aromatic heterocycles. The van der Waals surface area contributed by atoms with Gasteiger partial charge in [0, 0.05) is 17.4 Å². The molecule has 0 saturated carbocycles. The van der Waals surface area contributed by atoms with Crippen molar-refractivity contribution in [3.8, 4) is 12.3 Å². The molecule has 1 atom stereocenters.